The molecule has 1 aliphatic rings. The molecule has 2 heterocycles. The Morgan fingerprint density at radius 1 is 1.00 bits per heavy atom. The first-order chi connectivity index (χ1) is 16.5. The Bertz CT molecular complexity index is 1040. The van der Waals surface area contributed by atoms with E-state index in [1.165, 1.54) is 15.2 Å². The molecule has 0 atom stereocenters. The van der Waals surface area contributed by atoms with Crippen molar-refractivity contribution < 1.29 is 4.79 Å². The molecule has 1 amide bonds. The highest BCUT2D eigenvalue weighted by atomic mass is 16.2. The molecule has 1 aliphatic heterocycles. The predicted octanol–water partition coefficient (Wildman–Crippen LogP) is 2.26. The Morgan fingerprint density at radius 2 is 1.68 bits per heavy atom. The first kappa shape index (κ1) is 25.6. The number of nitrogens with one attached hydrogen (secondary N) is 1. The minimum absolute atomic E-state index is 0.0703. The molecular formula is C25H38N6O3. The average Bonchev–Trinajstić information content (AvgIpc) is 2.84. The van der Waals surface area contributed by atoms with E-state index in [9.17, 15) is 14.4 Å². The quantitative estimate of drug-likeness (QED) is 0.488. The van der Waals surface area contributed by atoms with E-state index >= 15 is 0 Å². The number of H-pyrrole nitrogens is 1. The maximum absolute atomic E-state index is 13.4. The standard InChI is InChI=1S/C25H38N6O3/c1-3-5-10-14-30(22-23(26)31(13-6-4-2)25(34)27-24(22)33)21(32)19-28-15-17-29(18-16-28)20-11-8-7-9-12-20/h7-9,11-12H,3-6,10,13-19,26H2,1-2H3,(H,27,33,34). The summed E-state index contributed by atoms with van der Waals surface area (Å²) in [5.74, 6) is -0.0944. The first-order valence-electron chi connectivity index (χ1n) is 12.4. The van der Waals surface area contributed by atoms with Crippen molar-refractivity contribution in [1.29, 1.82) is 0 Å². The maximum atomic E-state index is 13.4. The molecule has 0 bridgehead atoms. The smallest absolute Gasteiger partial charge is 0.330 e. The molecule has 0 spiro atoms. The summed E-state index contributed by atoms with van der Waals surface area (Å²) >= 11 is 0. The summed E-state index contributed by atoms with van der Waals surface area (Å²) < 4.78 is 1.37. The summed E-state index contributed by atoms with van der Waals surface area (Å²) in [6.07, 6.45) is 4.33. The number of nitrogens with zero attached hydrogens (tertiary/aromatic N) is 4. The van der Waals surface area contributed by atoms with Gasteiger partial charge in [0.05, 0.1) is 6.54 Å². The number of hydrogen-bond acceptors (Lipinski definition) is 6. The number of unbranched alkanes of at least 4 members (excludes halogenated alkanes) is 3. The highest BCUT2D eigenvalue weighted by molar-refractivity contribution is 5.96. The van der Waals surface area contributed by atoms with Gasteiger partial charge in [0.2, 0.25) is 5.91 Å². The van der Waals surface area contributed by atoms with Gasteiger partial charge < -0.3 is 15.5 Å². The largest absolute Gasteiger partial charge is 0.383 e. The van der Waals surface area contributed by atoms with Crippen molar-refractivity contribution in [3.05, 3.63) is 51.2 Å². The van der Waals surface area contributed by atoms with Crippen molar-refractivity contribution >= 4 is 23.1 Å². The molecule has 9 nitrogen and oxygen atoms in total. The van der Waals surface area contributed by atoms with Crippen LogP contribution in [0.4, 0.5) is 17.2 Å². The molecule has 3 N–H and O–H groups in total. The number of aromatic amines is 1. The summed E-state index contributed by atoms with van der Waals surface area (Å²) in [7, 11) is 0. The fraction of sp³-hybridized carbons (Fsp3) is 0.560. The maximum Gasteiger partial charge on any atom is 0.330 e. The van der Waals surface area contributed by atoms with Crippen LogP contribution in [-0.2, 0) is 11.3 Å². The summed E-state index contributed by atoms with van der Waals surface area (Å²) in [5, 5.41) is 0. The van der Waals surface area contributed by atoms with Gasteiger partial charge in [-0.3, -0.25) is 24.0 Å². The molecular weight excluding hydrogens is 432 g/mol. The second-order valence-electron chi connectivity index (χ2n) is 8.85. The van der Waals surface area contributed by atoms with Crippen molar-refractivity contribution in [2.24, 2.45) is 0 Å². The number of amides is 1. The number of benzene rings is 1. The van der Waals surface area contributed by atoms with Crippen LogP contribution < -0.4 is 26.8 Å². The number of carbonyl (C=O) groups excluding carboxylic acids is 1. The number of aromatic nitrogens is 2. The molecule has 186 valence electrons. The molecule has 2 aromatic rings. The zero-order valence-electron chi connectivity index (χ0n) is 20.5. The van der Waals surface area contributed by atoms with Gasteiger partial charge in [-0.25, -0.2) is 4.79 Å². The van der Waals surface area contributed by atoms with Crippen molar-refractivity contribution in [1.82, 2.24) is 14.5 Å². The van der Waals surface area contributed by atoms with Gasteiger partial charge in [-0.1, -0.05) is 51.3 Å². The summed E-state index contributed by atoms with van der Waals surface area (Å²) in [6.45, 7) is 8.30. The van der Waals surface area contributed by atoms with Gasteiger partial charge in [0.15, 0.2) is 5.69 Å². The Hall–Kier alpha value is -3.07. The van der Waals surface area contributed by atoms with Gasteiger partial charge in [0, 0.05) is 45.0 Å². The molecule has 1 saturated heterocycles. The number of rotatable bonds is 11. The Morgan fingerprint density at radius 3 is 2.32 bits per heavy atom. The lowest BCUT2D eigenvalue weighted by atomic mass is 10.2. The highest BCUT2D eigenvalue weighted by Crippen LogP contribution is 2.20. The number of para-hydroxylation sites is 1. The van der Waals surface area contributed by atoms with E-state index in [-0.39, 0.29) is 24.0 Å². The van der Waals surface area contributed by atoms with E-state index in [1.807, 2.05) is 25.1 Å². The van der Waals surface area contributed by atoms with E-state index in [2.05, 4.69) is 33.8 Å². The number of nitrogens with two attached hydrogens (primary N) is 1. The summed E-state index contributed by atoms with van der Waals surface area (Å²) in [5.41, 5.74) is 6.46. The van der Waals surface area contributed by atoms with Crippen molar-refractivity contribution in [3.63, 3.8) is 0 Å². The van der Waals surface area contributed by atoms with E-state index in [1.54, 1.807) is 0 Å². The molecule has 0 unspecified atom stereocenters. The van der Waals surface area contributed by atoms with Crippen LogP contribution in [0.15, 0.2) is 39.9 Å². The van der Waals surface area contributed by atoms with Gasteiger partial charge in [-0.05, 0) is 25.0 Å². The van der Waals surface area contributed by atoms with Crippen molar-refractivity contribution in [2.75, 3.05) is 54.8 Å². The minimum Gasteiger partial charge on any atom is -0.383 e. The molecule has 1 aromatic carbocycles. The van der Waals surface area contributed by atoms with Crippen LogP contribution in [0.1, 0.15) is 46.0 Å². The molecule has 0 saturated carbocycles. The number of nitrogen functional groups attached to an aromatic ring is 1. The fourth-order valence-corrected chi connectivity index (χ4v) is 4.34. The molecule has 1 fully saturated rings. The molecule has 0 radical (unpaired) electrons. The number of carbonyl (C=O) groups is 1. The molecule has 0 aliphatic carbocycles. The number of piperazine rings is 1. The van der Waals surface area contributed by atoms with Gasteiger partial charge in [-0.15, -0.1) is 0 Å². The van der Waals surface area contributed by atoms with Gasteiger partial charge >= 0.3 is 5.69 Å². The molecule has 1 aromatic heterocycles. The van der Waals surface area contributed by atoms with Crippen molar-refractivity contribution in [2.45, 2.75) is 52.5 Å². The SMILES string of the molecule is CCCCCN(C(=O)CN1CCN(c2ccccc2)CC1)c1c(N)n(CCCC)c(=O)[nH]c1=O. The van der Waals surface area contributed by atoms with E-state index in [0.29, 0.717) is 13.1 Å². The zero-order valence-corrected chi connectivity index (χ0v) is 20.5. The van der Waals surface area contributed by atoms with Crippen molar-refractivity contribution in [3.8, 4) is 0 Å². The van der Waals surface area contributed by atoms with Crippen LogP contribution in [0, 0.1) is 0 Å². The number of hydrogen-bond donors (Lipinski definition) is 2. The van der Waals surface area contributed by atoms with Gasteiger partial charge in [-0.2, -0.15) is 0 Å². The van der Waals surface area contributed by atoms with Gasteiger partial charge in [0.1, 0.15) is 5.82 Å². The van der Waals surface area contributed by atoms with Gasteiger partial charge in [0.25, 0.3) is 5.56 Å². The lowest BCUT2D eigenvalue weighted by Gasteiger charge is -2.36. The lowest BCUT2D eigenvalue weighted by molar-refractivity contribution is -0.119. The number of anilines is 3. The second kappa shape index (κ2) is 12.4. The Balaban J connectivity index is 1.77. The van der Waals surface area contributed by atoms with E-state index in [4.69, 9.17) is 5.73 Å². The van der Waals surface area contributed by atoms with Crippen LogP contribution >= 0.6 is 0 Å². The predicted molar refractivity (Wildman–Crippen MR) is 138 cm³/mol. The van der Waals surface area contributed by atoms with E-state index in [0.717, 1.165) is 58.3 Å². The molecule has 3 rings (SSSR count). The summed E-state index contributed by atoms with van der Waals surface area (Å²) in [6, 6.07) is 10.3. The third-order valence-electron chi connectivity index (χ3n) is 6.36. The molecule has 9 heteroatoms. The summed E-state index contributed by atoms with van der Waals surface area (Å²) in [4.78, 5) is 46.9. The fourth-order valence-electron chi connectivity index (χ4n) is 4.34. The minimum atomic E-state index is -0.603. The zero-order chi connectivity index (χ0) is 24.5. The first-order valence-corrected chi connectivity index (χ1v) is 12.4. The Labute approximate surface area is 201 Å². The normalized spacial score (nSPS) is 14.4. The van der Waals surface area contributed by atoms with Crippen LogP contribution in [0.3, 0.4) is 0 Å². The van der Waals surface area contributed by atoms with Crippen LogP contribution in [0.5, 0.6) is 0 Å². The third-order valence-corrected chi connectivity index (χ3v) is 6.36. The molecule has 34 heavy (non-hydrogen) atoms. The van der Waals surface area contributed by atoms with E-state index < -0.39 is 11.2 Å². The van der Waals surface area contributed by atoms with Crippen LogP contribution in [0.25, 0.3) is 0 Å². The Kier molecular flexibility index (Phi) is 9.33. The monoisotopic (exact) mass is 470 g/mol. The second-order valence-corrected chi connectivity index (χ2v) is 8.85. The van der Waals surface area contributed by atoms with Crippen LogP contribution in [-0.4, -0.2) is 59.6 Å². The topological polar surface area (TPSA) is 108 Å². The van der Waals surface area contributed by atoms with Crippen LogP contribution in [0.2, 0.25) is 0 Å². The highest BCUT2D eigenvalue weighted by Gasteiger charge is 2.27. The average molecular weight is 471 g/mol. The lowest BCUT2D eigenvalue weighted by Crippen LogP contribution is -2.51. The third kappa shape index (κ3) is 6.28.